The molecule has 252 valence electrons. The Morgan fingerprint density at radius 2 is 1.13 bits per heavy atom. The first-order valence-corrected chi connectivity index (χ1v) is 17.9. The molecule has 2 aromatic heterocycles. The zero-order chi connectivity index (χ0) is 35.7. The molecule has 5 nitrogen and oxygen atoms in total. The van der Waals surface area contributed by atoms with E-state index in [1.54, 1.807) is 12.4 Å². The van der Waals surface area contributed by atoms with Gasteiger partial charge in [0.2, 0.25) is 0 Å². The van der Waals surface area contributed by atoms with E-state index >= 15 is 0 Å². The number of hydrogen-bond acceptors (Lipinski definition) is 4. The van der Waals surface area contributed by atoms with Crippen LogP contribution < -0.4 is 5.43 Å². The van der Waals surface area contributed by atoms with E-state index in [9.17, 15) is 5.41 Å². The van der Waals surface area contributed by atoms with Gasteiger partial charge in [0, 0.05) is 42.0 Å². The SMILES string of the molecule is CC/[N+](Nc1cc(-c2cccnc2)cc(-c2cccnc2)c1)=C1\C=CC(c2c3ccccc3c(-c3ccc4ccccc4c3)c3ccccc23)=CC1=N. The number of pyridine rings is 2. The lowest BCUT2D eigenvalue weighted by Gasteiger charge is -2.19. The summed E-state index contributed by atoms with van der Waals surface area (Å²) in [6.07, 6.45) is 13.6. The molecule has 6 aromatic carbocycles. The second kappa shape index (κ2) is 13.6. The van der Waals surface area contributed by atoms with E-state index in [4.69, 9.17) is 0 Å². The molecule has 2 heterocycles. The Morgan fingerprint density at radius 3 is 1.70 bits per heavy atom. The highest BCUT2D eigenvalue weighted by Gasteiger charge is 2.24. The highest BCUT2D eigenvalue weighted by Crippen LogP contribution is 2.43. The minimum atomic E-state index is 0.444. The summed E-state index contributed by atoms with van der Waals surface area (Å²) in [6.45, 7) is 2.75. The Labute approximate surface area is 308 Å². The number of anilines is 1. The number of rotatable bonds is 7. The number of fused-ring (bicyclic) bond motifs is 3. The zero-order valence-corrected chi connectivity index (χ0v) is 29.3. The highest BCUT2D eigenvalue weighted by molar-refractivity contribution is 6.50. The van der Waals surface area contributed by atoms with Gasteiger partial charge in [-0.1, -0.05) is 97.1 Å². The molecular weight excluding hydrogens is 647 g/mol. The predicted molar refractivity (Wildman–Crippen MR) is 222 cm³/mol. The summed E-state index contributed by atoms with van der Waals surface area (Å²) < 4.78 is 2.04. The van der Waals surface area contributed by atoms with Gasteiger partial charge in [-0.15, -0.1) is 4.68 Å². The number of hydrazine groups is 1. The van der Waals surface area contributed by atoms with Gasteiger partial charge in [-0.2, -0.15) is 5.43 Å². The lowest BCUT2D eigenvalue weighted by Crippen LogP contribution is -2.31. The van der Waals surface area contributed by atoms with Crippen LogP contribution >= 0.6 is 0 Å². The van der Waals surface area contributed by atoms with Crippen molar-refractivity contribution in [3.8, 4) is 33.4 Å². The largest absolute Gasteiger partial charge is 0.294 e. The Kier molecular flexibility index (Phi) is 8.22. The molecule has 0 spiro atoms. The molecule has 0 amide bonds. The molecule has 1 aliphatic rings. The Morgan fingerprint density at radius 1 is 0.547 bits per heavy atom. The van der Waals surface area contributed by atoms with Crippen LogP contribution in [0.25, 0.3) is 71.3 Å². The molecule has 1 aliphatic carbocycles. The van der Waals surface area contributed by atoms with Crippen molar-refractivity contribution in [3.63, 3.8) is 0 Å². The molecule has 0 aliphatic heterocycles. The number of hydrogen-bond donors (Lipinski definition) is 2. The van der Waals surface area contributed by atoms with Crippen LogP contribution in [0.2, 0.25) is 0 Å². The summed E-state index contributed by atoms with van der Waals surface area (Å²) in [4.78, 5) is 8.73. The molecule has 8 aromatic rings. The number of hydrazone groups is 1. The normalized spacial score (nSPS) is 13.8. The summed E-state index contributed by atoms with van der Waals surface area (Å²) in [5, 5.41) is 16.6. The second-order valence-corrected chi connectivity index (χ2v) is 13.3. The van der Waals surface area contributed by atoms with Crippen LogP contribution in [0.1, 0.15) is 12.5 Å². The van der Waals surface area contributed by atoms with Crippen LogP contribution in [0.3, 0.4) is 0 Å². The van der Waals surface area contributed by atoms with Crippen LogP contribution in [0.15, 0.2) is 176 Å². The van der Waals surface area contributed by atoms with E-state index < -0.39 is 0 Å². The first kappa shape index (κ1) is 32.0. The molecule has 5 heteroatoms. The number of allylic oxidation sites excluding steroid dienone is 4. The summed E-state index contributed by atoms with van der Waals surface area (Å²) in [7, 11) is 0. The Balaban J connectivity index is 1.13. The van der Waals surface area contributed by atoms with Crippen molar-refractivity contribution >= 4 is 55.0 Å². The number of benzene rings is 6. The van der Waals surface area contributed by atoms with E-state index in [1.807, 2.05) is 35.3 Å². The average molecular weight is 683 g/mol. The number of nitrogens with zero attached hydrogens (tertiary/aromatic N) is 3. The van der Waals surface area contributed by atoms with Crippen molar-refractivity contribution in [1.29, 1.82) is 5.41 Å². The summed E-state index contributed by atoms with van der Waals surface area (Å²) in [5.41, 5.74) is 14.5. The molecule has 2 N–H and O–H groups in total. The lowest BCUT2D eigenvalue weighted by atomic mass is 9.84. The molecular formula is C48H36N5+. The summed E-state index contributed by atoms with van der Waals surface area (Å²) >= 11 is 0. The molecule has 0 fully saturated rings. The third kappa shape index (κ3) is 5.98. The van der Waals surface area contributed by atoms with Crippen molar-refractivity contribution < 1.29 is 4.68 Å². The minimum absolute atomic E-state index is 0.444. The van der Waals surface area contributed by atoms with Crippen molar-refractivity contribution in [2.24, 2.45) is 0 Å². The topological polar surface area (TPSA) is 64.7 Å². The van der Waals surface area contributed by atoms with Crippen LogP contribution in [0.5, 0.6) is 0 Å². The van der Waals surface area contributed by atoms with Gasteiger partial charge < -0.3 is 0 Å². The third-order valence-electron chi connectivity index (χ3n) is 10.0. The van der Waals surface area contributed by atoms with E-state index in [1.165, 1.54) is 43.4 Å². The van der Waals surface area contributed by atoms with Gasteiger partial charge in [0.05, 0.1) is 5.69 Å². The van der Waals surface area contributed by atoms with Crippen LogP contribution in [0.4, 0.5) is 5.69 Å². The molecule has 0 saturated heterocycles. The highest BCUT2D eigenvalue weighted by atomic mass is 15.4. The van der Waals surface area contributed by atoms with Gasteiger partial charge in [0.1, 0.15) is 5.71 Å². The summed E-state index contributed by atoms with van der Waals surface area (Å²) in [6, 6.07) is 47.1. The number of aromatic nitrogens is 2. The van der Waals surface area contributed by atoms with Crippen LogP contribution in [0, 0.1) is 5.41 Å². The van der Waals surface area contributed by atoms with Crippen LogP contribution in [-0.4, -0.2) is 32.6 Å². The average Bonchev–Trinajstić information content (AvgIpc) is 3.22. The second-order valence-electron chi connectivity index (χ2n) is 13.3. The van der Waals surface area contributed by atoms with Crippen molar-refractivity contribution in [2.75, 3.05) is 12.0 Å². The molecule has 0 bridgehead atoms. The van der Waals surface area contributed by atoms with E-state index in [0.717, 1.165) is 44.8 Å². The van der Waals surface area contributed by atoms with Gasteiger partial charge in [-0.05, 0) is 121 Å². The van der Waals surface area contributed by atoms with Gasteiger partial charge in [-0.25, -0.2) is 0 Å². The fraction of sp³-hybridized carbons (Fsp3) is 0.0417. The van der Waals surface area contributed by atoms with Gasteiger partial charge in [0.25, 0.3) is 5.71 Å². The first-order chi connectivity index (χ1) is 26.1. The smallest absolute Gasteiger partial charge is 0.254 e. The predicted octanol–water partition coefficient (Wildman–Crippen LogP) is 11.4. The van der Waals surface area contributed by atoms with Crippen molar-refractivity contribution in [1.82, 2.24) is 9.97 Å². The van der Waals surface area contributed by atoms with Crippen molar-refractivity contribution in [2.45, 2.75) is 6.92 Å². The quantitative estimate of drug-likeness (QED) is 0.0761. The van der Waals surface area contributed by atoms with E-state index in [2.05, 4.69) is 156 Å². The molecule has 53 heavy (non-hydrogen) atoms. The molecule has 0 saturated carbocycles. The summed E-state index contributed by atoms with van der Waals surface area (Å²) in [5.74, 6) is 0. The van der Waals surface area contributed by atoms with E-state index in [0.29, 0.717) is 12.3 Å². The minimum Gasteiger partial charge on any atom is -0.294 e. The fourth-order valence-corrected chi connectivity index (χ4v) is 7.58. The fourth-order valence-electron chi connectivity index (χ4n) is 7.58. The number of nitrogens with one attached hydrogen (secondary N) is 2. The molecule has 9 rings (SSSR count). The Bertz CT molecular complexity index is 2680. The first-order valence-electron chi connectivity index (χ1n) is 17.9. The van der Waals surface area contributed by atoms with E-state index in [-0.39, 0.29) is 0 Å². The van der Waals surface area contributed by atoms with Gasteiger partial charge >= 0.3 is 0 Å². The molecule has 0 atom stereocenters. The van der Waals surface area contributed by atoms with Crippen LogP contribution in [-0.2, 0) is 0 Å². The van der Waals surface area contributed by atoms with Gasteiger partial charge in [-0.3, -0.25) is 15.4 Å². The Hall–Kier alpha value is -6.98. The zero-order valence-electron chi connectivity index (χ0n) is 29.3. The standard InChI is InChI=1S/C48H36N5/c1-2-53(52-40-27-38(36-13-9-23-50-30-36)26-39(28-40)37-14-10-24-51-31-37)46-22-21-35(29-45(46)49)48-43-17-7-5-15-41(43)47(42-16-6-8-18-44(42)48)34-20-19-32-11-3-4-12-33(32)25-34/h3-31,49,52H,2H2,1H3/q+1/b49-45?,53-46-. The van der Waals surface area contributed by atoms with Gasteiger partial charge in [0.15, 0.2) is 6.54 Å². The lowest BCUT2D eigenvalue weighted by molar-refractivity contribution is -0.490. The molecule has 0 radical (unpaired) electrons. The maximum Gasteiger partial charge on any atom is 0.254 e. The van der Waals surface area contributed by atoms with Crippen molar-refractivity contribution in [3.05, 3.63) is 182 Å². The maximum atomic E-state index is 9.39. The maximum absolute atomic E-state index is 9.39. The molecule has 0 unspecified atom stereocenters. The monoisotopic (exact) mass is 682 g/mol. The third-order valence-corrected chi connectivity index (χ3v) is 10.0.